The number of carbonyl (C=O) groups excluding carboxylic acids is 1. The highest BCUT2D eigenvalue weighted by atomic mass is 16.1. The Hall–Kier alpha value is -2.21. The monoisotopic (exact) mass is 245 g/mol. The largest absolute Gasteiger partial charge is 0.335 e. The Kier molecular flexibility index (Phi) is 3.69. The maximum Gasteiger partial charge on any atom is 0.275 e. The van der Waals surface area contributed by atoms with Crippen molar-refractivity contribution in [2.75, 3.05) is 11.9 Å². The molecule has 0 atom stereocenters. The molecule has 0 bridgehead atoms. The first-order valence-corrected chi connectivity index (χ1v) is 5.64. The standard InChI is InChI=1S/C12H15N5O/c1-9-6-14-4-2-10(9)16-12(18)11-7-17(5-3-13)8-15-11/h2,4,6-8H,3,5,13H2,1H3,(H,14,16,18). The van der Waals surface area contributed by atoms with E-state index in [4.69, 9.17) is 5.73 Å². The molecule has 3 N–H and O–H groups in total. The molecule has 6 nitrogen and oxygen atoms in total. The molecule has 1 amide bonds. The van der Waals surface area contributed by atoms with Gasteiger partial charge in [0.2, 0.25) is 0 Å². The normalized spacial score (nSPS) is 10.3. The van der Waals surface area contributed by atoms with Gasteiger partial charge in [0.1, 0.15) is 5.69 Å². The fourth-order valence-electron chi connectivity index (χ4n) is 1.55. The van der Waals surface area contributed by atoms with Crippen LogP contribution in [0.5, 0.6) is 0 Å². The number of nitrogens with one attached hydrogen (secondary N) is 1. The average molecular weight is 245 g/mol. The predicted octanol–water partition coefficient (Wildman–Crippen LogP) is 0.798. The zero-order chi connectivity index (χ0) is 13.0. The van der Waals surface area contributed by atoms with E-state index in [-0.39, 0.29) is 5.91 Å². The zero-order valence-electron chi connectivity index (χ0n) is 10.1. The first kappa shape index (κ1) is 12.3. The van der Waals surface area contributed by atoms with Crippen LogP contribution in [0, 0.1) is 6.92 Å². The Bertz CT molecular complexity index is 549. The van der Waals surface area contributed by atoms with Crippen LogP contribution in [0.1, 0.15) is 16.1 Å². The zero-order valence-corrected chi connectivity index (χ0v) is 10.1. The molecule has 18 heavy (non-hydrogen) atoms. The summed E-state index contributed by atoms with van der Waals surface area (Å²) in [6.07, 6.45) is 6.61. The summed E-state index contributed by atoms with van der Waals surface area (Å²) in [6, 6.07) is 1.75. The lowest BCUT2D eigenvalue weighted by Gasteiger charge is -2.05. The number of aryl methyl sites for hydroxylation is 1. The van der Waals surface area contributed by atoms with Crippen LogP contribution < -0.4 is 11.1 Å². The number of nitrogens with zero attached hydrogens (tertiary/aromatic N) is 3. The van der Waals surface area contributed by atoms with Crippen LogP contribution in [-0.4, -0.2) is 27.0 Å². The van der Waals surface area contributed by atoms with Crippen LogP contribution in [0.3, 0.4) is 0 Å². The summed E-state index contributed by atoms with van der Waals surface area (Å²) in [7, 11) is 0. The molecule has 0 spiro atoms. The van der Waals surface area contributed by atoms with Gasteiger partial charge in [0.15, 0.2) is 0 Å². The highest BCUT2D eigenvalue weighted by Crippen LogP contribution is 2.12. The predicted molar refractivity (Wildman–Crippen MR) is 68.2 cm³/mol. The van der Waals surface area contributed by atoms with Gasteiger partial charge < -0.3 is 15.6 Å². The van der Waals surface area contributed by atoms with Crippen LogP contribution in [0.2, 0.25) is 0 Å². The minimum atomic E-state index is -0.236. The van der Waals surface area contributed by atoms with Gasteiger partial charge in [-0.15, -0.1) is 0 Å². The molecule has 0 aliphatic heterocycles. The van der Waals surface area contributed by atoms with E-state index in [2.05, 4.69) is 15.3 Å². The summed E-state index contributed by atoms with van der Waals surface area (Å²) in [5, 5.41) is 2.80. The van der Waals surface area contributed by atoms with Gasteiger partial charge in [-0.1, -0.05) is 0 Å². The molecule has 0 saturated heterocycles. The molecular formula is C12H15N5O. The molecule has 0 fully saturated rings. The molecule has 0 aliphatic rings. The van der Waals surface area contributed by atoms with Crippen molar-refractivity contribution in [2.24, 2.45) is 5.73 Å². The van der Waals surface area contributed by atoms with Crippen molar-refractivity contribution < 1.29 is 4.79 Å². The third kappa shape index (κ3) is 2.72. The van der Waals surface area contributed by atoms with E-state index < -0.39 is 0 Å². The van der Waals surface area contributed by atoms with Gasteiger partial charge in [0.05, 0.1) is 6.33 Å². The number of aromatic nitrogens is 3. The minimum absolute atomic E-state index is 0.236. The molecule has 0 aliphatic carbocycles. The molecule has 0 saturated carbocycles. The van der Waals surface area contributed by atoms with Gasteiger partial charge in [-0.25, -0.2) is 4.98 Å². The number of carbonyl (C=O) groups is 1. The maximum absolute atomic E-state index is 11.9. The molecule has 94 valence electrons. The Labute approximate surface area is 105 Å². The molecule has 0 unspecified atom stereocenters. The Morgan fingerprint density at radius 1 is 1.56 bits per heavy atom. The highest BCUT2D eigenvalue weighted by molar-refractivity contribution is 6.03. The van der Waals surface area contributed by atoms with Crippen LogP contribution in [0.15, 0.2) is 31.0 Å². The van der Waals surface area contributed by atoms with Crippen molar-refractivity contribution in [1.29, 1.82) is 0 Å². The number of amides is 1. The first-order valence-electron chi connectivity index (χ1n) is 5.64. The van der Waals surface area contributed by atoms with E-state index >= 15 is 0 Å². The second-order valence-corrected chi connectivity index (χ2v) is 3.93. The van der Waals surface area contributed by atoms with Gasteiger partial charge >= 0.3 is 0 Å². The second-order valence-electron chi connectivity index (χ2n) is 3.93. The topological polar surface area (TPSA) is 85.8 Å². The van der Waals surface area contributed by atoms with Crippen LogP contribution >= 0.6 is 0 Å². The van der Waals surface area contributed by atoms with Gasteiger partial charge in [-0.2, -0.15) is 0 Å². The van der Waals surface area contributed by atoms with E-state index in [1.54, 1.807) is 35.6 Å². The summed E-state index contributed by atoms with van der Waals surface area (Å²) in [5.74, 6) is -0.236. The molecular weight excluding hydrogens is 230 g/mol. The molecule has 2 heterocycles. The third-order valence-electron chi connectivity index (χ3n) is 2.52. The number of hydrogen-bond acceptors (Lipinski definition) is 4. The number of pyridine rings is 1. The number of rotatable bonds is 4. The third-order valence-corrected chi connectivity index (χ3v) is 2.52. The minimum Gasteiger partial charge on any atom is -0.335 e. The van der Waals surface area contributed by atoms with E-state index in [0.717, 1.165) is 11.3 Å². The quantitative estimate of drug-likeness (QED) is 0.834. The lowest BCUT2D eigenvalue weighted by molar-refractivity contribution is 0.102. The van der Waals surface area contributed by atoms with Crippen LogP contribution in [0.25, 0.3) is 0 Å². The van der Waals surface area contributed by atoms with Gasteiger partial charge in [0, 0.05) is 37.4 Å². The summed E-state index contributed by atoms with van der Waals surface area (Å²) in [5.41, 5.74) is 7.46. The Balaban J connectivity index is 2.10. The van der Waals surface area contributed by atoms with Crippen molar-refractivity contribution in [1.82, 2.24) is 14.5 Å². The molecule has 0 aromatic carbocycles. The summed E-state index contributed by atoms with van der Waals surface area (Å²) >= 11 is 0. The van der Waals surface area contributed by atoms with E-state index in [9.17, 15) is 4.79 Å². The maximum atomic E-state index is 11.9. The number of nitrogens with two attached hydrogens (primary N) is 1. The van der Waals surface area contributed by atoms with Crippen molar-refractivity contribution in [2.45, 2.75) is 13.5 Å². The SMILES string of the molecule is Cc1cnccc1NC(=O)c1cn(CCN)cn1. The first-order chi connectivity index (χ1) is 8.70. The molecule has 2 rings (SSSR count). The fraction of sp³-hybridized carbons (Fsp3) is 0.250. The summed E-state index contributed by atoms with van der Waals surface area (Å²) in [6.45, 7) is 3.05. The molecule has 0 radical (unpaired) electrons. The van der Waals surface area contributed by atoms with Gasteiger partial charge in [-0.05, 0) is 18.6 Å². The molecule has 2 aromatic heterocycles. The lowest BCUT2D eigenvalue weighted by atomic mass is 10.2. The summed E-state index contributed by atoms with van der Waals surface area (Å²) < 4.78 is 1.79. The Morgan fingerprint density at radius 2 is 2.39 bits per heavy atom. The lowest BCUT2D eigenvalue weighted by Crippen LogP contribution is -2.13. The fourth-order valence-corrected chi connectivity index (χ4v) is 1.55. The van der Waals surface area contributed by atoms with Crippen LogP contribution in [0.4, 0.5) is 5.69 Å². The van der Waals surface area contributed by atoms with Gasteiger partial charge in [0.25, 0.3) is 5.91 Å². The average Bonchev–Trinajstić information content (AvgIpc) is 2.81. The van der Waals surface area contributed by atoms with Crippen molar-refractivity contribution in [3.8, 4) is 0 Å². The smallest absolute Gasteiger partial charge is 0.275 e. The van der Waals surface area contributed by atoms with Crippen molar-refractivity contribution >= 4 is 11.6 Å². The van der Waals surface area contributed by atoms with E-state index in [1.165, 1.54) is 0 Å². The number of imidazole rings is 1. The van der Waals surface area contributed by atoms with Gasteiger partial charge in [-0.3, -0.25) is 9.78 Å². The van der Waals surface area contributed by atoms with E-state index in [1.807, 2.05) is 6.92 Å². The van der Waals surface area contributed by atoms with Crippen molar-refractivity contribution in [3.63, 3.8) is 0 Å². The Morgan fingerprint density at radius 3 is 3.11 bits per heavy atom. The molecule has 6 heteroatoms. The number of hydrogen-bond donors (Lipinski definition) is 2. The van der Waals surface area contributed by atoms with Crippen LogP contribution in [-0.2, 0) is 6.54 Å². The van der Waals surface area contributed by atoms with Crippen molar-refractivity contribution in [3.05, 3.63) is 42.2 Å². The number of anilines is 1. The second kappa shape index (κ2) is 5.42. The molecule has 2 aromatic rings. The summed E-state index contributed by atoms with van der Waals surface area (Å²) in [4.78, 5) is 20.0. The highest BCUT2D eigenvalue weighted by Gasteiger charge is 2.10. The van der Waals surface area contributed by atoms with E-state index in [0.29, 0.717) is 18.8 Å².